The highest BCUT2D eigenvalue weighted by molar-refractivity contribution is 6.04. The summed E-state index contributed by atoms with van der Waals surface area (Å²) in [4.78, 5) is 29.0. The Bertz CT molecular complexity index is 1220. The number of nitrogen functional groups attached to an aromatic ring is 1. The summed E-state index contributed by atoms with van der Waals surface area (Å²) in [7, 11) is 0. The molecular formula is C22H23FN4O3. The van der Waals surface area contributed by atoms with Crippen LogP contribution in [0.4, 0.5) is 15.8 Å². The molecule has 4 rings (SSSR count). The van der Waals surface area contributed by atoms with Gasteiger partial charge in [-0.3, -0.25) is 14.6 Å². The van der Waals surface area contributed by atoms with Gasteiger partial charge in [0.2, 0.25) is 5.43 Å². The number of nitrogens with zero attached hydrogens (tertiary/aromatic N) is 2. The van der Waals surface area contributed by atoms with Gasteiger partial charge < -0.3 is 20.4 Å². The van der Waals surface area contributed by atoms with Gasteiger partial charge in [-0.2, -0.15) is 0 Å². The molecule has 0 saturated heterocycles. The lowest BCUT2D eigenvalue weighted by Gasteiger charge is -2.36. The topological polar surface area (TPSA) is 99.2 Å². The zero-order chi connectivity index (χ0) is 21.6. The first-order chi connectivity index (χ1) is 14.2. The van der Waals surface area contributed by atoms with E-state index in [2.05, 4.69) is 10.3 Å². The number of Topliss-reactive ketones (excluding diaryl/α,β-unsaturated/α-hetero) is 1. The highest BCUT2D eigenvalue weighted by Crippen LogP contribution is 2.44. The van der Waals surface area contributed by atoms with Crippen LogP contribution < -0.4 is 21.2 Å². The first kappa shape index (κ1) is 19.9. The summed E-state index contributed by atoms with van der Waals surface area (Å²) in [5.74, 6) is -0.914. The van der Waals surface area contributed by atoms with Gasteiger partial charge in [0.05, 0.1) is 27.7 Å². The first-order valence-corrected chi connectivity index (χ1v) is 9.69. The van der Waals surface area contributed by atoms with Crippen molar-refractivity contribution in [3.63, 3.8) is 0 Å². The van der Waals surface area contributed by atoms with Gasteiger partial charge in [-0.05, 0) is 44.9 Å². The third-order valence-electron chi connectivity index (χ3n) is 5.44. The molecule has 2 aromatic heterocycles. The van der Waals surface area contributed by atoms with E-state index in [1.165, 1.54) is 13.1 Å². The molecule has 3 N–H and O–H groups in total. The minimum absolute atomic E-state index is 0.0204. The molecule has 30 heavy (non-hydrogen) atoms. The summed E-state index contributed by atoms with van der Waals surface area (Å²) in [5, 5.41) is 3.05. The standard InChI is InChI=1S/C22H23FN4O3/c1-12(28)14-10-27-19-15(20(14)29)17(24)16(23)18(21(19)30-11-22(27,2)3)26-9-6-13-4-7-25-8-5-13/h4-5,7-8,10,26H,6,9,11,24H2,1-3H3. The zero-order valence-electron chi connectivity index (χ0n) is 17.1. The molecule has 0 bridgehead atoms. The van der Waals surface area contributed by atoms with E-state index in [9.17, 15) is 9.59 Å². The van der Waals surface area contributed by atoms with Crippen LogP contribution in [0.25, 0.3) is 10.9 Å². The maximum Gasteiger partial charge on any atom is 0.202 e. The monoisotopic (exact) mass is 410 g/mol. The lowest BCUT2D eigenvalue weighted by Crippen LogP contribution is -2.39. The molecule has 0 spiro atoms. The fourth-order valence-electron chi connectivity index (χ4n) is 3.78. The highest BCUT2D eigenvalue weighted by Gasteiger charge is 2.34. The Hall–Kier alpha value is -3.42. The van der Waals surface area contributed by atoms with Crippen LogP contribution in [0.5, 0.6) is 5.75 Å². The van der Waals surface area contributed by atoms with Gasteiger partial charge in [0.15, 0.2) is 17.3 Å². The number of aromatic nitrogens is 2. The summed E-state index contributed by atoms with van der Waals surface area (Å²) in [6, 6.07) is 3.77. The molecule has 1 aliphatic heterocycles. The molecule has 7 nitrogen and oxygen atoms in total. The number of rotatable bonds is 5. The summed E-state index contributed by atoms with van der Waals surface area (Å²) in [6.07, 6.45) is 5.56. The number of nitrogens with two attached hydrogens (primary N) is 1. The van der Waals surface area contributed by atoms with E-state index in [0.29, 0.717) is 18.5 Å². The average molecular weight is 410 g/mol. The maximum absolute atomic E-state index is 15.3. The smallest absolute Gasteiger partial charge is 0.202 e. The number of carbonyl (C=O) groups is 1. The van der Waals surface area contributed by atoms with Crippen molar-refractivity contribution in [2.75, 3.05) is 24.2 Å². The molecule has 1 aliphatic rings. The van der Waals surface area contributed by atoms with Crippen LogP contribution in [-0.4, -0.2) is 28.5 Å². The van der Waals surface area contributed by atoms with Gasteiger partial charge in [-0.25, -0.2) is 4.39 Å². The SMILES string of the molecule is CC(=O)c1cn2c3c(c(NCCc4ccncc4)c(F)c(N)c3c1=O)OCC2(C)C. The fourth-order valence-corrected chi connectivity index (χ4v) is 3.78. The number of halogens is 1. The largest absolute Gasteiger partial charge is 0.487 e. The quantitative estimate of drug-likeness (QED) is 0.495. The van der Waals surface area contributed by atoms with Crippen molar-refractivity contribution in [1.82, 2.24) is 9.55 Å². The number of ketones is 1. The van der Waals surface area contributed by atoms with E-state index in [-0.39, 0.29) is 34.7 Å². The Morgan fingerprint density at radius 1 is 1.37 bits per heavy atom. The Balaban J connectivity index is 1.89. The second kappa shape index (κ2) is 7.12. The summed E-state index contributed by atoms with van der Waals surface area (Å²) in [5.41, 5.74) is 6.18. The number of pyridine rings is 2. The molecule has 0 unspecified atom stereocenters. The number of benzene rings is 1. The number of ether oxygens (including phenoxy) is 1. The number of hydrogen-bond donors (Lipinski definition) is 2. The number of hydrogen-bond acceptors (Lipinski definition) is 6. The molecule has 3 heterocycles. The Morgan fingerprint density at radius 3 is 2.73 bits per heavy atom. The van der Waals surface area contributed by atoms with Gasteiger partial charge >= 0.3 is 0 Å². The third kappa shape index (κ3) is 3.08. The number of carbonyl (C=O) groups excluding carboxylic acids is 1. The molecule has 0 atom stereocenters. The van der Waals surface area contributed by atoms with Gasteiger partial charge in [0.25, 0.3) is 0 Å². The minimum atomic E-state index is -0.753. The first-order valence-electron chi connectivity index (χ1n) is 9.69. The molecule has 0 aliphatic carbocycles. The predicted octanol–water partition coefficient (Wildman–Crippen LogP) is 3.10. The normalized spacial score (nSPS) is 14.4. The highest BCUT2D eigenvalue weighted by atomic mass is 19.1. The molecule has 1 aromatic carbocycles. The molecule has 0 fully saturated rings. The molecular weight excluding hydrogens is 387 g/mol. The van der Waals surface area contributed by atoms with Crippen molar-refractivity contribution < 1.29 is 13.9 Å². The van der Waals surface area contributed by atoms with Crippen molar-refractivity contribution >= 4 is 28.1 Å². The molecule has 0 radical (unpaired) electrons. The minimum Gasteiger partial charge on any atom is -0.487 e. The van der Waals surface area contributed by atoms with E-state index in [1.807, 2.05) is 26.0 Å². The van der Waals surface area contributed by atoms with Gasteiger partial charge in [-0.1, -0.05) is 0 Å². The summed E-state index contributed by atoms with van der Waals surface area (Å²) < 4.78 is 23.0. The van der Waals surface area contributed by atoms with Crippen molar-refractivity contribution in [1.29, 1.82) is 0 Å². The Kier molecular flexibility index (Phi) is 4.72. The molecule has 8 heteroatoms. The van der Waals surface area contributed by atoms with Crippen LogP contribution in [0, 0.1) is 5.82 Å². The molecule has 3 aromatic rings. The lowest BCUT2D eigenvalue weighted by atomic mass is 9.98. The zero-order valence-corrected chi connectivity index (χ0v) is 17.1. The Morgan fingerprint density at radius 2 is 2.07 bits per heavy atom. The number of nitrogens with one attached hydrogen (secondary N) is 1. The van der Waals surface area contributed by atoms with Crippen LogP contribution in [0.3, 0.4) is 0 Å². The summed E-state index contributed by atoms with van der Waals surface area (Å²) >= 11 is 0. The van der Waals surface area contributed by atoms with Crippen LogP contribution >= 0.6 is 0 Å². The van der Waals surface area contributed by atoms with Crippen LogP contribution in [-0.2, 0) is 12.0 Å². The van der Waals surface area contributed by atoms with E-state index >= 15 is 4.39 Å². The third-order valence-corrected chi connectivity index (χ3v) is 5.44. The second-order valence-corrected chi connectivity index (χ2v) is 8.09. The van der Waals surface area contributed by atoms with Crippen molar-refractivity contribution in [2.24, 2.45) is 0 Å². The van der Waals surface area contributed by atoms with Gasteiger partial charge in [-0.15, -0.1) is 0 Å². The maximum atomic E-state index is 15.3. The predicted molar refractivity (Wildman–Crippen MR) is 114 cm³/mol. The number of anilines is 2. The lowest BCUT2D eigenvalue weighted by molar-refractivity contribution is 0.101. The van der Waals surface area contributed by atoms with Gasteiger partial charge in [0, 0.05) is 25.1 Å². The van der Waals surface area contributed by atoms with E-state index in [0.717, 1.165) is 5.56 Å². The Labute approximate surface area is 172 Å². The summed E-state index contributed by atoms with van der Waals surface area (Å²) in [6.45, 7) is 5.82. The van der Waals surface area contributed by atoms with Crippen molar-refractivity contribution in [3.05, 3.63) is 57.9 Å². The molecule has 156 valence electrons. The van der Waals surface area contributed by atoms with Crippen LogP contribution in [0.2, 0.25) is 0 Å². The van der Waals surface area contributed by atoms with Crippen molar-refractivity contribution in [2.45, 2.75) is 32.7 Å². The van der Waals surface area contributed by atoms with Gasteiger partial charge in [0.1, 0.15) is 12.3 Å². The average Bonchev–Trinajstić information content (AvgIpc) is 2.70. The van der Waals surface area contributed by atoms with E-state index < -0.39 is 22.6 Å². The fraction of sp³-hybridized carbons (Fsp3) is 0.318. The molecule has 0 amide bonds. The van der Waals surface area contributed by atoms with Crippen molar-refractivity contribution in [3.8, 4) is 5.75 Å². The van der Waals surface area contributed by atoms with Crippen LogP contribution in [0.1, 0.15) is 36.7 Å². The second-order valence-electron chi connectivity index (χ2n) is 8.09. The van der Waals surface area contributed by atoms with E-state index in [4.69, 9.17) is 10.5 Å². The molecule has 0 saturated carbocycles. The van der Waals surface area contributed by atoms with Crippen LogP contribution in [0.15, 0.2) is 35.5 Å². The van der Waals surface area contributed by atoms with E-state index in [1.54, 1.807) is 17.0 Å².